The van der Waals surface area contributed by atoms with Crippen molar-refractivity contribution in [3.8, 4) is 5.75 Å². The molecule has 0 N–H and O–H groups in total. The molecule has 4 rings (SSSR count). The second kappa shape index (κ2) is 8.11. The minimum absolute atomic E-state index is 0.0660. The van der Waals surface area contributed by atoms with Crippen LogP contribution in [0.1, 0.15) is 39.1 Å². The summed E-state index contributed by atoms with van der Waals surface area (Å²) in [6, 6.07) is 15.0. The number of likely N-dealkylation sites (tertiary alicyclic amines) is 1. The zero-order chi connectivity index (χ0) is 20.4. The molecule has 2 amide bonds. The van der Waals surface area contributed by atoms with E-state index >= 15 is 0 Å². The van der Waals surface area contributed by atoms with E-state index < -0.39 is 0 Å². The van der Waals surface area contributed by atoms with E-state index in [0.717, 1.165) is 42.0 Å². The number of carbonyl (C=O) groups excluding carboxylic acids is 2. The van der Waals surface area contributed by atoms with Gasteiger partial charge >= 0.3 is 0 Å². The Morgan fingerprint density at radius 3 is 2.31 bits per heavy atom. The first kappa shape index (κ1) is 19.8. The Labute approximate surface area is 176 Å². The highest BCUT2D eigenvalue weighted by atomic mass is 32.2. The predicted molar refractivity (Wildman–Crippen MR) is 116 cm³/mol. The van der Waals surface area contributed by atoms with Crippen molar-refractivity contribution in [2.45, 2.75) is 24.6 Å². The van der Waals surface area contributed by atoms with Gasteiger partial charge < -0.3 is 14.5 Å². The van der Waals surface area contributed by atoms with Crippen molar-refractivity contribution in [2.24, 2.45) is 0 Å². The van der Waals surface area contributed by atoms with Crippen molar-refractivity contribution >= 4 is 23.6 Å². The van der Waals surface area contributed by atoms with Gasteiger partial charge in [0.25, 0.3) is 11.8 Å². The van der Waals surface area contributed by atoms with Crippen LogP contribution in [0.4, 0.5) is 0 Å². The molecule has 6 heteroatoms. The van der Waals surface area contributed by atoms with Crippen molar-refractivity contribution in [3.63, 3.8) is 0 Å². The highest BCUT2D eigenvalue weighted by molar-refractivity contribution is 8.00. The Bertz CT molecular complexity index is 905. The van der Waals surface area contributed by atoms with E-state index in [9.17, 15) is 9.59 Å². The number of rotatable bonds is 3. The van der Waals surface area contributed by atoms with Crippen LogP contribution >= 0.6 is 11.8 Å². The summed E-state index contributed by atoms with van der Waals surface area (Å²) in [7, 11) is 1.62. The Balaban J connectivity index is 1.47. The fourth-order valence-corrected chi connectivity index (χ4v) is 5.70. The van der Waals surface area contributed by atoms with Crippen LogP contribution in [0, 0.1) is 6.92 Å². The van der Waals surface area contributed by atoms with Crippen LogP contribution in [0.2, 0.25) is 0 Å². The molecule has 29 heavy (non-hydrogen) atoms. The van der Waals surface area contributed by atoms with Crippen molar-refractivity contribution in [1.82, 2.24) is 9.80 Å². The lowest BCUT2D eigenvalue weighted by Gasteiger charge is -2.44. The molecule has 0 saturated carbocycles. The molecule has 2 aromatic carbocycles. The second-order valence-electron chi connectivity index (χ2n) is 7.59. The average Bonchev–Trinajstić information content (AvgIpc) is 3.16. The number of piperidine rings is 1. The minimum Gasteiger partial charge on any atom is -0.497 e. The number of ether oxygens (including phenoxy) is 1. The molecule has 1 spiro atoms. The number of thioether (sulfide) groups is 1. The number of nitrogens with zero attached hydrogens (tertiary/aromatic N) is 2. The fraction of sp³-hybridized carbons (Fsp3) is 0.391. The molecule has 0 aromatic heterocycles. The third kappa shape index (κ3) is 3.73. The number of amides is 2. The Morgan fingerprint density at radius 1 is 0.966 bits per heavy atom. The highest BCUT2D eigenvalue weighted by Gasteiger charge is 2.47. The Morgan fingerprint density at radius 2 is 1.66 bits per heavy atom. The quantitative estimate of drug-likeness (QED) is 0.772. The Kier molecular flexibility index (Phi) is 5.54. The maximum atomic E-state index is 13.2. The van der Waals surface area contributed by atoms with E-state index in [4.69, 9.17) is 4.74 Å². The minimum atomic E-state index is -0.209. The monoisotopic (exact) mass is 410 g/mol. The molecule has 0 atom stereocenters. The third-order valence-electron chi connectivity index (χ3n) is 5.97. The van der Waals surface area contributed by atoms with E-state index in [2.05, 4.69) is 0 Å². The number of hydrogen-bond acceptors (Lipinski definition) is 4. The summed E-state index contributed by atoms with van der Waals surface area (Å²) in [6.45, 7) is 4.07. The summed E-state index contributed by atoms with van der Waals surface area (Å²) in [6.07, 6.45) is 1.61. The van der Waals surface area contributed by atoms with Gasteiger partial charge in [-0.15, -0.1) is 11.8 Å². The number of methoxy groups -OCH3 is 1. The first-order valence-electron chi connectivity index (χ1n) is 9.99. The fourth-order valence-electron chi connectivity index (χ4n) is 4.24. The molecule has 5 nitrogen and oxygen atoms in total. The van der Waals surface area contributed by atoms with Crippen LogP contribution in [0.5, 0.6) is 5.75 Å². The SMILES string of the molecule is COc1ccc(C(=O)N2CCSC23CCN(C(=O)c2ccccc2C)CC3)cc1. The largest absolute Gasteiger partial charge is 0.497 e. The molecule has 0 aliphatic carbocycles. The molecule has 2 aromatic rings. The van der Waals surface area contributed by atoms with Gasteiger partial charge in [0, 0.05) is 36.5 Å². The summed E-state index contributed by atoms with van der Waals surface area (Å²) in [5.41, 5.74) is 2.46. The number of hydrogen-bond donors (Lipinski definition) is 0. The topological polar surface area (TPSA) is 49.9 Å². The molecule has 152 valence electrons. The smallest absolute Gasteiger partial charge is 0.255 e. The van der Waals surface area contributed by atoms with Crippen LogP contribution in [0.3, 0.4) is 0 Å². The van der Waals surface area contributed by atoms with Crippen molar-refractivity contribution in [3.05, 3.63) is 65.2 Å². The number of benzene rings is 2. The van der Waals surface area contributed by atoms with Crippen LogP contribution in [0.25, 0.3) is 0 Å². The molecule has 0 bridgehead atoms. The standard InChI is InChI=1S/C23H26N2O3S/c1-17-5-3-4-6-20(17)22(27)24-13-11-23(12-14-24)25(15-16-29-23)21(26)18-7-9-19(28-2)10-8-18/h3-10H,11-16H2,1-2H3. The maximum absolute atomic E-state index is 13.2. The van der Waals surface area contributed by atoms with Gasteiger partial charge in [-0.05, 0) is 55.7 Å². The average molecular weight is 411 g/mol. The molecular weight excluding hydrogens is 384 g/mol. The van der Waals surface area contributed by atoms with Crippen LogP contribution < -0.4 is 4.74 Å². The van der Waals surface area contributed by atoms with Crippen molar-refractivity contribution in [1.29, 1.82) is 0 Å². The molecule has 2 aliphatic heterocycles. The van der Waals surface area contributed by atoms with Gasteiger partial charge in [-0.3, -0.25) is 9.59 Å². The molecule has 2 saturated heterocycles. The van der Waals surface area contributed by atoms with Gasteiger partial charge in [-0.2, -0.15) is 0 Å². The Hall–Kier alpha value is -2.47. The van der Waals surface area contributed by atoms with E-state index in [0.29, 0.717) is 18.7 Å². The van der Waals surface area contributed by atoms with E-state index in [1.54, 1.807) is 7.11 Å². The van der Waals surface area contributed by atoms with Crippen LogP contribution in [-0.4, -0.2) is 59.0 Å². The summed E-state index contributed by atoms with van der Waals surface area (Å²) >= 11 is 1.86. The lowest BCUT2D eigenvalue weighted by atomic mass is 9.99. The maximum Gasteiger partial charge on any atom is 0.255 e. The zero-order valence-corrected chi connectivity index (χ0v) is 17.7. The van der Waals surface area contributed by atoms with Gasteiger partial charge in [0.05, 0.1) is 12.0 Å². The van der Waals surface area contributed by atoms with E-state index in [-0.39, 0.29) is 16.7 Å². The summed E-state index contributed by atoms with van der Waals surface area (Å²) in [4.78, 5) is 29.9. The van der Waals surface area contributed by atoms with E-state index in [1.165, 1.54) is 0 Å². The normalized spacial score (nSPS) is 18.1. The molecule has 2 aliphatic rings. The summed E-state index contributed by atoms with van der Waals surface area (Å²) < 4.78 is 5.20. The van der Waals surface area contributed by atoms with Gasteiger partial charge in [-0.1, -0.05) is 18.2 Å². The molecule has 2 fully saturated rings. The molecular formula is C23H26N2O3S. The third-order valence-corrected chi connectivity index (χ3v) is 7.52. The van der Waals surface area contributed by atoms with Crippen molar-refractivity contribution < 1.29 is 14.3 Å². The first-order chi connectivity index (χ1) is 14.0. The van der Waals surface area contributed by atoms with Gasteiger partial charge in [0.15, 0.2) is 0 Å². The second-order valence-corrected chi connectivity index (χ2v) is 9.04. The summed E-state index contributed by atoms with van der Waals surface area (Å²) in [5, 5.41) is 0. The van der Waals surface area contributed by atoms with Crippen molar-refractivity contribution in [2.75, 3.05) is 32.5 Å². The predicted octanol–water partition coefficient (Wildman–Crippen LogP) is 3.83. The van der Waals surface area contributed by atoms with Crippen LogP contribution in [0.15, 0.2) is 48.5 Å². The lowest BCUT2D eigenvalue weighted by molar-refractivity contribution is 0.0497. The highest BCUT2D eigenvalue weighted by Crippen LogP contribution is 2.44. The zero-order valence-electron chi connectivity index (χ0n) is 16.9. The van der Waals surface area contributed by atoms with E-state index in [1.807, 2.05) is 77.0 Å². The molecule has 0 unspecified atom stereocenters. The lowest BCUT2D eigenvalue weighted by Crippen LogP contribution is -2.53. The number of aryl methyl sites for hydroxylation is 1. The van der Waals surface area contributed by atoms with Gasteiger partial charge in [0.2, 0.25) is 0 Å². The molecule has 2 heterocycles. The van der Waals surface area contributed by atoms with Gasteiger partial charge in [0.1, 0.15) is 5.75 Å². The first-order valence-corrected chi connectivity index (χ1v) is 11.0. The summed E-state index contributed by atoms with van der Waals surface area (Å²) in [5.74, 6) is 1.84. The van der Waals surface area contributed by atoms with Crippen LogP contribution in [-0.2, 0) is 0 Å². The van der Waals surface area contributed by atoms with Gasteiger partial charge in [-0.25, -0.2) is 0 Å². The molecule has 0 radical (unpaired) electrons. The number of carbonyl (C=O) groups is 2.